The number of hydrogen-bond acceptors (Lipinski definition) is 7. The van der Waals surface area contributed by atoms with E-state index in [4.69, 9.17) is 4.74 Å². The van der Waals surface area contributed by atoms with Gasteiger partial charge in [-0.3, -0.25) is 4.79 Å². The van der Waals surface area contributed by atoms with E-state index < -0.39 is 25.9 Å². The van der Waals surface area contributed by atoms with Gasteiger partial charge in [0.25, 0.3) is 0 Å². The van der Waals surface area contributed by atoms with E-state index in [2.05, 4.69) is 5.32 Å². The molecule has 1 aromatic rings. The van der Waals surface area contributed by atoms with Gasteiger partial charge in [-0.25, -0.2) is 16.8 Å². The van der Waals surface area contributed by atoms with Gasteiger partial charge in [0.2, 0.25) is 15.9 Å². The van der Waals surface area contributed by atoms with Gasteiger partial charge >= 0.3 is 0 Å². The number of carbonyl (C=O) groups is 1. The first kappa shape index (κ1) is 24.0. The Bertz CT molecular complexity index is 898. The van der Waals surface area contributed by atoms with Crippen LogP contribution in [-0.2, 0) is 24.7 Å². The first-order valence-electron chi connectivity index (χ1n) is 9.37. The van der Waals surface area contributed by atoms with Crippen LogP contribution >= 0.6 is 11.8 Å². The lowest BCUT2D eigenvalue weighted by molar-refractivity contribution is -0.123. The highest BCUT2D eigenvalue weighted by Gasteiger charge is 2.39. The van der Waals surface area contributed by atoms with Crippen LogP contribution in [0.5, 0.6) is 5.75 Å². The topological polar surface area (TPSA) is 110 Å². The van der Waals surface area contributed by atoms with E-state index in [0.29, 0.717) is 18.0 Å². The van der Waals surface area contributed by atoms with Crippen LogP contribution < -0.4 is 10.1 Å². The summed E-state index contributed by atoms with van der Waals surface area (Å²) >= 11 is 1.40. The number of benzene rings is 1. The van der Waals surface area contributed by atoms with Crippen molar-refractivity contribution in [3.8, 4) is 5.75 Å². The molecule has 0 saturated carbocycles. The number of thioether (sulfide) groups is 1. The Morgan fingerprint density at radius 2 is 1.90 bits per heavy atom. The second-order valence-corrected chi connectivity index (χ2v) is 12.5. The quantitative estimate of drug-likeness (QED) is 0.556. The van der Waals surface area contributed by atoms with Crippen molar-refractivity contribution < 1.29 is 26.4 Å². The third kappa shape index (κ3) is 6.59. The van der Waals surface area contributed by atoms with Gasteiger partial charge in [-0.05, 0) is 30.2 Å². The van der Waals surface area contributed by atoms with Crippen molar-refractivity contribution in [1.29, 1.82) is 0 Å². The second kappa shape index (κ2) is 10.1. The maximum Gasteiger partial charge on any atom is 0.244 e. The fraction of sp³-hybridized carbons (Fsp3) is 0.611. The van der Waals surface area contributed by atoms with Gasteiger partial charge in [0, 0.05) is 18.1 Å². The predicted molar refractivity (Wildman–Crippen MR) is 114 cm³/mol. The summed E-state index contributed by atoms with van der Waals surface area (Å²) in [6.07, 6.45) is 0. The zero-order valence-corrected chi connectivity index (χ0v) is 19.3. The van der Waals surface area contributed by atoms with Gasteiger partial charge in [-0.15, -0.1) is 11.8 Å². The Hall–Kier alpha value is -1.30. The summed E-state index contributed by atoms with van der Waals surface area (Å²) in [6, 6.07) is 5.06. The molecule has 29 heavy (non-hydrogen) atoms. The Labute approximate surface area is 177 Å². The molecule has 1 aromatic carbocycles. The van der Waals surface area contributed by atoms with Crippen LogP contribution in [0.25, 0.3) is 0 Å². The number of rotatable bonds is 10. The fourth-order valence-electron chi connectivity index (χ4n) is 2.57. The molecule has 1 aliphatic heterocycles. The number of amides is 1. The van der Waals surface area contributed by atoms with Crippen molar-refractivity contribution in [3.05, 3.63) is 24.3 Å². The normalized spacial score (nSPS) is 18.1. The van der Waals surface area contributed by atoms with Crippen molar-refractivity contribution in [2.45, 2.75) is 31.7 Å². The lowest BCUT2D eigenvalue weighted by Gasteiger charge is -2.23. The van der Waals surface area contributed by atoms with Crippen LogP contribution in [0, 0.1) is 5.92 Å². The minimum atomic E-state index is -3.84. The minimum absolute atomic E-state index is 0.00311. The highest BCUT2D eigenvalue weighted by molar-refractivity contribution is 8.00. The number of nitrogens with zero attached hydrogens (tertiary/aromatic N) is 1. The molecule has 0 spiro atoms. The summed E-state index contributed by atoms with van der Waals surface area (Å²) in [6.45, 7) is 6.01. The standard InChI is InChI=1S/C18H28N2O6S3/c1-4-28(22,23)10-9-26-15-5-7-16(8-6-15)29(24,25)20-13-27-12-17(20)18(21)19-11-14(2)3/h5-8,14,17H,4,9-13H2,1-3H3,(H,19,21). The van der Waals surface area contributed by atoms with E-state index in [9.17, 15) is 21.6 Å². The van der Waals surface area contributed by atoms with Gasteiger partial charge in [0.05, 0.1) is 16.5 Å². The SMILES string of the molecule is CCS(=O)(=O)CCOc1ccc(S(=O)(=O)N2CSCC2C(=O)NCC(C)C)cc1. The molecule has 0 radical (unpaired) electrons. The Kier molecular flexibility index (Phi) is 8.38. The monoisotopic (exact) mass is 464 g/mol. The molecule has 1 heterocycles. The summed E-state index contributed by atoms with van der Waals surface area (Å²) in [5.74, 6) is 0.958. The van der Waals surface area contributed by atoms with Crippen molar-refractivity contribution >= 4 is 37.5 Å². The van der Waals surface area contributed by atoms with E-state index in [1.54, 1.807) is 6.92 Å². The van der Waals surface area contributed by atoms with E-state index in [0.717, 1.165) is 0 Å². The molecule has 11 heteroatoms. The van der Waals surface area contributed by atoms with E-state index in [1.165, 1.54) is 40.3 Å². The number of sulfonamides is 1. The average Bonchev–Trinajstić information content (AvgIpc) is 3.17. The molecule has 1 atom stereocenters. The lowest BCUT2D eigenvalue weighted by atomic mass is 10.2. The van der Waals surface area contributed by atoms with Crippen molar-refractivity contribution in [3.63, 3.8) is 0 Å². The molecule has 0 aliphatic carbocycles. The average molecular weight is 465 g/mol. The van der Waals surface area contributed by atoms with Crippen LogP contribution in [-0.4, -0.2) is 69.4 Å². The van der Waals surface area contributed by atoms with Crippen LogP contribution in [0.15, 0.2) is 29.2 Å². The molecule has 8 nitrogen and oxygen atoms in total. The van der Waals surface area contributed by atoms with Gasteiger partial charge in [-0.2, -0.15) is 4.31 Å². The van der Waals surface area contributed by atoms with Crippen molar-refractivity contribution in [2.24, 2.45) is 5.92 Å². The van der Waals surface area contributed by atoms with Crippen LogP contribution in [0.3, 0.4) is 0 Å². The zero-order valence-electron chi connectivity index (χ0n) is 16.8. The first-order valence-corrected chi connectivity index (χ1v) is 13.8. The zero-order chi connectivity index (χ0) is 21.7. The summed E-state index contributed by atoms with van der Waals surface area (Å²) < 4.78 is 55.6. The lowest BCUT2D eigenvalue weighted by Crippen LogP contribution is -2.47. The third-order valence-electron chi connectivity index (χ3n) is 4.36. The highest BCUT2D eigenvalue weighted by atomic mass is 32.2. The fourth-order valence-corrected chi connectivity index (χ4v) is 6.34. The van der Waals surface area contributed by atoms with E-state index >= 15 is 0 Å². The second-order valence-electron chi connectivity index (χ2n) is 7.10. The molecule has 1 N–H and O–H groups in total. The van der Waals surface area contributed by atoms with Gasteiger partial charge in [-0.1, -0.05) is 20.8 Å². The predicted octanol–water partition coefficient (Wildman–Crippen LogP) is 1.34. The number of hydrogen-bond donors (Lipinski definition) is 1. The first-order chi connectivity index (χ1) is 13.6. The number of carbonyl (C=O) groups excluding carboxylic acids is 1. The van der Waals surface area contributed by atoms with Crippen molar-refractivity contribution in [2.75, 3.05) is 36.3 Å². The summed E-state index contributed by atoms with van der Waals surface area (Å²) in [5.41, 5.74) is 0. The van der Waals surface area contributed by atoms with Gasteiger partial charge < -0.3 is 10.1 Å². The van der Waals surface area contributed by atoms with Crippen LogP contribution in [0.1, 0.15) is 20.8 Å². The Morgan fingerprint density at radius 3 is 2.48 bits per heavy atom. The molecule has 164 valence electrons. The third-order valence-corrected chi connectivity index (χ3v) is 9.08. The number of sulfone groups is 1. The van der Waals surface area contributed by atoms with Crippen molar-refractivity contribution in [1.82, 2.24) is 9.62 Å². The van der Waals surface area contributed by atoms with Crippen LogP contribution in [0.4, 0.5) is 0 Å². The minimum Gasteiger partial charge on any atom is -0.493 e. The summed E-state index contributed by atoms with van der Waals surface area (Å²) in [7, 11) is -6.96. The number of nitrogens with one attached hydrogen (secondary N) is 1. The molecule has 1 unspecified atom stereocenters. The molecule has 0 aromatic heterocycles. The molecule has 1 saturated heterocycles. The van der Waals surface area contributed by atoms with Gasteiger partial charge in [0.15, 0.2) is 9.84 Å². The Morgan fingerprint density at radius 1 is 1.24 bits per heavy atom. The number of ether oxygens (including phenoxy) is 1. The van der Waals surface area contributed by atoms with E-state index in [1.807, 2.05) is 13.8 Å². The molecule has 0 bridgehead atoms. The molecular weight excluding hydrogens is 436 g/mol. The van der Waals surface area contributed by atoms with Gasteiger partial charge in [0.1, 0.15) is 18.4 Å². The molecule has 2 rings (SSSR count). The molecule has 1 fully saturated rings. The van der Waals surface area contributed by atoms with E-state index in [-0.39, 0.29) is 40.7 Å². The Balaban J connectivity index is 2.05. The largest absolute Gasteiger partial charge is 0.493 e. The maximum absolute atomic E-state index is 13.0. The summed E-state index contributed by atoms with van der Waals surface area (Å²) in [4.78, 5) is 12.5. The smallest absolute Gasteiger partial charge is 0.244 e. The molecule has 1 aliphatic rings. The van der Waals surface area contributed by atoms with Crippen LogP contribution in [0.2, 0.25) is 0 Å². The molecule has 1 amide bonds. The summed E-state index contributed by atoms with van der Waals surface area (Å²) in [5, 5.41) is 2.80. The molecular formula is C18H28N2O6S3. The highest BCUT2D eigenvalue weighted by Crippen LogP contribution is 2.29. The maximum atomic E-state index is 13.0.